The van der Waals surface area contributed by atoms with Gasteiger partial charge in [0.2, 0.25) is 0 Å². The lowest BCUT2D eigenvalue weighted by atomic mass is 9.99. The van der Waals surface area contributed by atoms with Crippen LogP contribution in [-0.4, -0.2) is 28.3 Å². The lowest BCUT2D eigenvalue weighted by molar-refractivity contribution is -0.137. The number of H-pyrrole nitrogens is 1. The average Bonchev–Trinajstić information content (AvgIpc) is 2.78. The summed E-state index contributed by atoms with van der Waals surface area (Å²) in [7, 11) is 0. The minimum absolute atomic E-state index is 0.203. The number of rotatable bonds is 4. The second kappa shape index (κ2) is 4.88. The monoisotopic (exact) mass is 256 g/mol. The molecule has 1 aliphatic heterocycles. The molecule has 0 fully saturated rings. The number of aliphatic imine (C=N–C) groups is 1. The van der Waals surface area contributed by atoms with Crippen molar-refractivity contribution in [2.24, 2.45) is 4.99 Å². The van der Waals surface area contributed by atoms with Gasteiger partial charge in [-0.15, -0.1) is 0 Å². The summed E-state index contributed by atoms with van der Waals surface area (Å²) in [5, 5.41) is 9.97. The summed E-state index contributed by atoms with van der Waals surface area (Å²) in [5.74, 6) is -0.742. The average molecular weight is 256 g/mol. The number of carboxylic acids is 1. The first-order valence-electron chi connectivity index (χ1n) is 6.61. The van der Waals surface area contributed by atoms with Gasteiger partial charge in [0, 0.05) is 23.9 Å². The van der Waals surface area contributed by atoms with Crippen LogP contribution in [0.1, 0.15) is 30.5 Å². The zero-order valence-electron chi connectivity index (χ0n) is 10.6. The van der Waals surface area contributed by atoms with E-state index in [1.54, 1.807) is 0 Å². The molecule has 0 unspecified atom stereocenters. The highest BCUT2D eigenvalue weighted by atomic mass is 16.4. The first-order valence-corrected chi connectivity index (χ1v) is 6.61. The van der Waals surface area contributed by atoms with E-state index in [9.17, 15) is 4.79 Å². The number of nitrogens with one attached hydrogen (secondary N) is 1. The minimum atomic E-state index is -0.742. The predicted molar refractivity (Wildman–Crippen MR) is 74.9 cm³/mol. The number of benzene rings is 1. The van der Waals surface area contributed by atoms with Crippen LogP contribution in [0, 0.1) is 0 Å². The summed E-state index contributed by atoms with van der Waals surface area (Å²) in [6, 6.07) is 8.27. The molecule has 0 saturated carbocycles. The molecular formula is C15H16N2O2. The SMILES string of the molecule is O=C(O)CCCC1=NCCc2c1[nH]c1ccccc21. The first-order chi connectivity index (χ1) is 9.25. The molecule has 98 valence electrons. The van der Waals surface area contributed by atoms with Gasteiger partial charge in [0.25, 0.3) is 0 Å². The van der Waals surface area contributed by atoms with E-state index >= 15 is 0 Å². The molecule has 4 heteroatoms. The largest absolute Gasteiger partial charge is 0.481 e. The topological polar surface area (TPSA) is 65.4 Å². The quantitative estimate of drug-likeness (QED) is 0.883. The maximum atomic E-state index is 10.6. The number of aromatic amines is 1. The van der Waals surface area contributed by atoms with Gasteiger partial charge in [0.15, 0.2) is 0 Å². The van der Waals surface area contributed by atoms with E-state index in [2.05, 4.69) is 22.1 Å². The zero-order chi connectivity index (χ0) is 13.2. The Kier molecular flexibility index (Phi) is 3.07. The van der Waals surface area contributed by atoms with Gasteiger partial charge in [-0.25, -0.2) is 0 Å². The second-order valence-corrected chi connectivity index (χ2v) is 4.85. The highest BCUT2D eigenvalue weighted by Crippen LogP contribution is 2.27. The van der Waals surface area contributed by atoms with E-state index in [-0.39, 0.29) is 6.42 Å². The van der Waals surface area contributed by atoms with Crippen molar-refractivity contribution in [1.82, 2.24) is 4.98 Å². The van der Waals surface area contributed by atoms with Crippen LogP contribution in [0.2, 0.25) is 0 Å². The number of aliphatic carboxylic acids is 1. The fourth-order valence-electron chi connectivity index (χ4n) is 2.70. The maximum absolute atomic E-state index is 10.6. The van der Waals surface area contributed by atoms with Crippen molar-refractivity contribution in [1.29, 1.82) is 0 Å². The summed E-state index contributed by atoms with van der Waals surface area (Å²) < 4.78 is 0. The van der Waals surface area contributed by atoms with Gasteiger partial charge in [0.1, 0.15) is 0 Å². The molecule has 0 radical (unpaired) electrons. The molecule has 0 saturated heterocycles. The third-order valence-corrected chi connectivity index (χ3v) is 3.57. The van der Waals surface area contributed by atoms with Gasteiger partial charge >= 0.3 is 5.97 Å². The van der Waals surface area contributed by atoms with Crippen molar-refractivity contribution < 1.29 is 9.90 Å². The van der Waals surface area contributed by atoms with Crippen molar-refractivity contribution in [2.45, 2.75) is 25.7 Å². The molecule has 4 nitrogen and oxygen atoms in total. The van der Waals surface area contributed by atoms with Gasteiger partial charge in [0.05, 0.1) is 11.4 Å². The summed E-state index contributed by atoms with van der Waals surface area (Å²) >= 11 is 0. The van der Waals surface area contributed by atoms with Gasteiger partial charge in [-0.1, -0.05) is 18.2 Å². The van der Waals surface area contributed by atoms with Crippen molar-refractivity contribution in [3.05, 3.63) is 35.5 Å². The first kappa shape index (κ1) is 12.0. The summed E-state index contributed by atoms with van der Waals surface area (Å²) in [6.45, 7) is 0.803. The fraction of sp³-hybridized carbons (Fsp3) is 0.333. The van der Waals surface area contributed by atoms with E-state index in [1.165, 1.54) is 10.9 Å². The smallest absolute Gasteiger partial charge is 0.303 e. The molecule has 19 heavy (non-hydrogen) atoms. The molecule has 1 aromatic carbocycles. The molecule has 3 rings (SSSR count). The predicted octanol–water partition coefficient (Wildman–Crippen LogP) is 2.77. The Balaban J connectivity index is 1.89. The number of hydrogen-bond donors (Lipinski definition) is 2. The van der Waals surface area contributed by atoms with Gasteiger partial charge < -0.3 is 10.1 Å². The Labute approximate surface area is 111 Å². The van der Waals surface area contributed by atoms with E-state index in [1.807, 2.05) is 12.1 Å². The Morgan fingerprint density at radius 2 is 2.21 bits per heavy atom. The number of carbonyl (C=O) groups is 1. The summed E-state index contributed by atoms with van der Waals surface area (Å²) in [6.07, 6.45) is 2.53. The van der Waals surface area contributed by atoms with E-state index in [0.717, 1.165) is 36.3 Å². The lowest BCUT2D eigenvalue weighted by Gasteiger charge is -2.12. The Hall–Kier alpha value is -2.10. The van der Waals surface area contributed by atoms with Crippen LogP contribution in [0.5, 0.6) is 0 Å². The Bertz CT molecular complexity index is 655. The van der Waals surface area contributed by atoms with Gasteiger partial charge in [-0.2, -0.15) is 0 Å². The molecule has 2 heterocycles. The molecule has 1 aromatic heterocycles. The number of carboxylic acid groups (broad SMARTS) is 1. The van der Waals surface area contributed by atoms with Crippen molar-refractivity contribution in [3.63, 3.8) is 0 Å². The van der Waals surface area contributed by atoms with Crippen LogP contribution in [0.15, 0.2) is 29.3 Å². The Morgan fingerprint density at radius 3 is 3.05 bits per heavy atom. The molecule has 0 atom stereocenters. The fourth-order valence-corrected chi connectivity index (χ4v) is 2.70. The standard InChI is InChI=1S/C15H16N2O2/c18-14(19)7-3-6-13-15-11(8-9-16-13)10-4-1-2-5-12(10)17-15/h1-2,4-5,17H,3,6-9H2,(H,18,19). The molecule has 0 bridgehead atoms. The third kappa shape index (κ3) is 2.26. The summed E-state index contributed by atoms with van der Waals surface area (Å²) in [4.78, 5) is 18.6. The van der Waals surface area contributed by atoms with Crippen molar-refractivity contribution >= 4 is 22.6 Å². The zero-order valence-corrected chi connectivity index (χ0v) is 10.6. The minimum Gasteiger partial charge on any atom is -0.481 e. The van der Waals surface area contributed by atoms with Crippen molar-refractivity contribution in [2.75, 3.05) is 6.54 Å². The lowest BCUT2D eigenvalue weighted by Crippen LogP contribution is -2.12. The van der Waals surface area contributed by atoms with Crippen LogP contribution in [0.4, 0.5) is 0 Å². The van der Waals surface area contributed by atoms with Crippen LogP contribution in [0.3, 0.4) is 0 Å². The van der Waals surface area contributed by atoms with Crippen LogP contribution in [-0.2, 0) is 11.2 Å². The van der Waals surface area contributed by atoms with Gasteiger partial charge in [-0.05, 0) is 30.9 Å². The molecule has 0 amide bonds. The molecule has 1 aliphatic rings. The normalized spacial score (nSPS) is 14.2. The highest BCUT2D eigenvalue weighted by molar-refractivity contribution is 6.06. The number of nitrogens with zero attached hydrogens (tertiary/aromatic N) is 1. The molecule has 2 N–H and O–H groups in total. The van der Waals surface area contributed by atoms with Crippen LogP contribution in [0.25, 0.3) is 10.9 Å². The van der Waals surface area contributed by atoms with Crippen LogP contribution < -0.4 is 0 Å². The van der Waals surface area contributed by atoms with Crippen molar-refractivity contribution in [3.8, 4) is 0 Å². The van der Waals surface area contributed by atoms with E-state index < -0.39 is 5.97 Å². The number of hydrogen-bond acceptors (Lipinski definition) is 2. The highest BCUT2D eigenvalue weighted by Gasteiger charge is 2.18. The molecular weight excluding hydrogens is 240 g/mol. The number of aromatic nitrogens is 1. The third-order valence-electron chi connectivity index (χ3n) is 3.57. The van der Waals surface area contributed by atoms with Crippen LogP contribution >= 0.6 is 0 Å². The summed E-state index contributed by atoms with van der Waals surface area (Å²) in [5.41, 5.74) is 4.60. The Morgan fingerprint density at radius 1 is 1.37 bits per heavy atom. The van der Waals surface area contributed by atoms with E-state index in [4.69, 9.17) is 5.11 Å². The molecule has 0 aliphatic carbocycles. The molecule has 0 spiro atoms. The second-order valence-electron chi connectivity index (χ2n) is 4.85. The maximum Gasteiger partial charge on any atom is 0.303 e. The van der Waals surface area contributed by atoms with Gasteiger partial charge in [-0.3, -0.25) is 9.79 Å². The van der Waals surface area contributed by atoms with E-state index in [0.29, 0.717) is 6.42 Å². The number of para-hydroxylation sites is 1. The number of fused-ring (bicyclic) bond motifs is 3. The molecule has 2 aromatic rings.